The van der Waals surface area contributed by atoms with Gasteiger partial charge in [0.25, 0.3) is 10.0 Å². The van der Waals surface area contributed by atoms with Gasteiger partial charge in [0, 0.05) is 26.1 Å². The number of likely N-dealkylation sites (tertiary alicyclic amines) is 1. The molecule has 0 aliphatic carbocycles. The first-order valence-electron chi connectivity index (χ1n) is 9.38. The summed E-state index contributed by atoms with van der Waals surface area (Å²) in [5.41, 5.74) is 0. The van der Waals surface area contributed by atoms with Gasteiger partial charge in [0.2, 0.25) is 5.91 Å². The number of aromatic nitrogens is 3. The Bertz CT molecular complexity index is 987. The summed E-state index contributed by atoms with van der Waals surface area (Å²) in [5, 5.41) is 8.62. The Hall–Kier alpha value is -1.49. The molecule has 1 atom stereocenters. The van der Waals surface area contributed by atoms with Crippen LogP contribution in [-0.2, 0) is 27.9 Å². The van der Waals surface area contributed by atoms with Gasteiger partial charge in [-0.25, -0.2) is 8.42 Å². The minimum absolute atomic E-state index is 0.0818. The zero-order valence-corrected chi connectivity index (χ0v) is 17.9. The number of piperidine rings is 1. The molecule has 2 aromatic heterocycles. The van der Waals surface area contributed by atoms with E-state index in [-0.39, 0.29) is 22.7 Å². The fourth-order valence-electron chi connectivity index (χ4n) is 3.87. The Kier molecular flexibility index (Phi) is 5.47. The van der Waals surface area contributed by atoms with Gasteiger partial charge >= 0.3 is 0 Å². The molecule has 2 aliphatic rings. The van der Waals surface area contributed by atoms with Gasteiger partial charge in [-0.1, -0.05) is 18.5 Å². The third kappa shape index (κ3) is 3.47. The molecule has 0 aromatic carbocycles. The van der Waals surface area contributed by atoms with Gasteiger partial charge in [-0.3, -0.25) is 4.79 Å². The van der Waals surface area contributed by atoms with Crippen LogP contribution in [0.25, 0.3) is 0 Å². The quantitative estimate of drug-likeness (QED) is 0.724. The number of carbonyl (C=O) groups excluding carboxylic acids is 1. The molecule has 4 rings (SSSR count). The molecule has 4 heterocycles. The van der Waals surface area contributed by atoms with Gasteiger partial charge in [0.1, 0.15) is 10.0 Å². The summed E-state index contributed by atoms with van der Waals surface area (Å²) in [6, 6.07) is 3.04. The van der Waals surface area contributed by atoms with Crippen molar-refractivity contribution in [2.75, 3.05) is 13.1 Å². The van der Waals surface area contributed by atoms with Gasteiger partial charge in [0.15, 0.2) is 5.82 Å². The van der Waals surface area contributed by atoms with Crippen molar-refractivity contribution in [3.63, 3.8) is 0 Å². The second-order valence-corrected chi connectivity index (χ2v) is 10.9. The van der Waals surface area contributed by atoms with Crippen molar-refractivity contribution in [1.82, 2.24) is 24.0 Å². The minimum Gasteiger partial charge on any atom is -0.332 e. The molecule has 0 bridgehead atoms. The van der Waals surface area contributed by atoms with Crippen LogP contribution in [0.5, 0.6) is 0 Å². The van der Waals surface area contributed by atoms with E-state index in [0.29, 0.717) is 29.7 Å². The van der Waals surface area contributed by atoms with Crippen LogP contribution in [-0.4, -0.2) is 51.4 Å². The highest BCUT2D eigenvalue weighted by Crippen LogP contribution is 2.33. The number of thiophene rings is 1. The Morgan fingerprint density at radius 2 is 2.07 bits per heavy atom. The van der Waals surface area contributed by atoms with Crippen molar-refractivity contribution in [3.05, 3.63) is 28.1 Å². The van der Waals surface area contributed by atoms with Crippen LogP contribution in [0.4, 0.5) is 0 Å². The lowest BCUT2D eigenvalue weighted by Gasteiger charge is -2.36. The number of carbonyl (C=O) groups is 1. The highest BCUT2D eigenvalue weighted by Gasteiger charge is 2.36. The fraction of sp³-hybridized carbons (Fsp3) is 0.588. The molecule has 11 heteroatoms. The Morgan fingerprint density at radius 1 is 1.25 bits per heavy atom. The maximum atomic E-state index is 12.9. The Balaban J connectivity index is 1.59. The number of hydrogen-bond donors (Lipinski definition) is 0. The molecule has 1 fully saturated rings. The summed E-state index contributed by atoms with van der Waals surface area (Å²) in [5.74, 6) is 1.51. The van der Waals surface area contributed by atoms with Crippen LogP contribution in [0.15, 0.2) is 16.3 Å². The van der Waals surface area contributed by atoms with Crippen LogP contribution >= 0.6 is 22.9 Å². The summed E-state index contributed by atoms with van der Waals surface area (Å²) in [4.78, 5) is 14.3. The summed E-state index contributed by atoms with van der Waals surface area (Å²) in [7, 11) is -3.61. The minimum atomic E-state index is -3.61. The van der Waals surface area contributed by atoms with Crippen molar-refractivity contribution in [2.45, 2.75) is 55.9 Å². The molecule has 0 saturated carbocycles. The van der Waals surface area contributed by atoms with Gasteiger partial charge < -0.3 is 9.47 Å². The van der Waals surface area contributed by atoms with Crippen LogP contribution in [0.2, 0.25) is 4.34 Å². The summed E-state index contributed by atoms with van der Waals surface area (Å²) >= 11 is 6.96. The first-order valence-corrected chi connectivity index (χ1v) is 12.0. The number of rotatable bonds is 4. The molecular weight excluding hydrogens is 422 g/mol. The molecule has 1 unspecified atom stereocenters. The molecule has 28 heavy (non-hydrogen) atoms. The van der Waals surface area contributed by atoms with Crippen molar-refractivity contribution in [2.24, 2.45) is 0 Å². The van der Waals surface area contributed by atoms with Gasteiger partial charge in [-0.05, 0) is 31.4 Å². The largest absolute Gasteiger partial charge is 0.332 e. The fourth-order valence-corrected chi connectivity index (χ4v) is 6.90. The molecule has 1 saturated heterocycles. The smallest absolute Gasteiger partial charge is 0.253 e. The predicted molar refractivity (Wildman–Crippen MR) is 106 cm³/mol. The zero-order valence-electron chi connectivity index (χ0n) is 15.5. The summed E-state index contributed by atoms with van der Waals surface area (Å²) in [6.45, 7) is 3.58. The van der Waals surface area contributed by atoms with E-state index in [1.54, 1.807) is 6.07 Å². The third-order valence-electron chi connectivity index (χ3n) is 5.31. The summed E-state index contributed by atoms with van der Waals surface area (Å²) < 4.78 is 29.8. The Morgan fingerprint density at radius 3 is 2.79 bits per heavy atom. The number of halogens is 1. The van der Waals surface area contributed by atoms with Crippen molar-refractivity contribution < 1.29 is 13.2 Å². The van der Waals surface area contributed by atoms with Gasteiger partial charge in [0.05, 0.1) is 16.9 Å². The first-order chi connectivity index (χ1) is 13.4. The van der Waals surface area contributed by atoms with Crippen LogP contribution in [0.1, 0.15) is 50.3 Å². The third-order valence-corrected chi connectivity index (χ3v) is 8.86. The van der Waals surface area contributed by atoms with E-state index in [9.17, 15) is 13.2 Å². The van der Waals surface area contributed by atoms with Crippen LogP contribution in [0, 0.1) is 0 Å². The van der Waals surface area contributed by atoms with E-state index in [1.165, 1.54) is 10.4 Å². The Labute approximate surface area is 173 Å². The lowest BCUT2D eigenvalue weighted by molar-refractivity contribution is -0.135. The predicted octanol–water partition coefficient (Wildman–Crippen LogP) is 2.66. The summed E-state index contributed by atoms with van der Waals surface area (Å²) in [6.07, 6.45) is 3.37. The van der Waals surface area contributed by atoms with Gasteiger partial charge in [-0.15, -0.1) is 21.5 Å². The molecule has 2 aliphatic heterocycles. The SMILES string of the molecule is CCC(=O)N1CCCCC1c1nnc2n1CCN(S(=O)(=O)c1ccc(Cl)s1)C2. The topological polar surface area (TPSA) is 88.4 Å². The van der Waals surface area contributed by atoms with Crippen molar-refractivity contribution in [1.29, 1.82) is 0 Å². The van der Waals surface area contributed by atoms with Crippen molar-refractivity contribution >= 4 is 38.9 Å². The maximum Gasteiger partial charge on any atom is 0.253 e. The van der Waals surface area contributed by atoms with Crippen molar-refractivity contribution in [3.8, 4) is 0 Å². The number of hydrogen-bond acceptors (Lipinski definition) is 6. The molecule has 8 nitrogen and oxygen atoms in total. The normalized spacial score (nSPS) is 20.9. The molecule has 0 radical (unpaired) electrons. The monoisotopic (exact) mass is 443 g/mol. The highest BCUT2D eigenvalue weighted by molar-refractivity contribution is 7.91. The van der Waals surface area contributed by atoms with E-state index >= 15 is 0 Å². The van der Waals surface area contributed by atoms with E-state index in [4.69, 9.17) is 11.6 Å². The molecule has 0 spiro atoms. The standard InChI is InChI=1S/C17H22ClN5O3S2/c1-2-15(24)22-8-4-3-5-12(22)17-20-19-14-11-21(9-10-23(14)17)28(25,26)16-7-6-13(18)27-16/h6-7,12H,2-5,8-11H2,1H3. The van der Waals surface area contributed by atoms with E-state index in [0.717, 1.165) is 43.0 Å². The van der Waals surface area contributed by atoms with Gasteiger partial charge in [-0.2, -0.15) is 4.31 Å². The zero-order chi connectivity index (χ0) is 19.9. The molecule has 0 N–H and O–H groups in total. The molecule has 2 aromatic rings. The lowest BCUT2D eigenvalue weighted by Crippen LogP contribution is -2.41. The molecule has 1 amide bonds. The average molecular weight is 444 g/mol. The second kappa shape index (κ2) is 7.74. The maximum absolute atomic E-state index is 12.9. The molecule has 152 valence electrons. The molecular formula is C17H22ClN5O3S2. The number of fused-ring (bicyclic) bond motifs is 1. The van der Waals surface area contributed by atoms with Crippen LogP contribution < -0.4 is 0 Å². The van der Waals surface area contributed by atoms with E-state index in [1.807, 2.05) is 16.4 Å². The number of amides is 1. The highest BCUT2D eigenvalue weighted by atomic mass is 35.5. The number of nitrogens with zero attached hydrogens (tertiary/aromatic N) is 5. The lowest BCUT2D eigenvalue weighted by atomic mass is 10.0. The second-order valence-electron chi connectivity index (χ2n) is 6.98. The number of sulfonamides is 1. The van der Waals surface area contributed by atoms with Crippen LogP contribution in [0.3, 0.4) is 0 Å². The van der Waals surface area contributed by atoms with E-state index in [2.05, 4.69) is 10.2 Å². The average Bonchev–Trinajstić information content (AvgIpc) is 3.33. The first kappa shape index (κ1) is 19.8. The van der Waals surface area contributed by atoms with E-state index < -0.39 is 10.0 Å².